The first-order valence-electron chi connectivity index (χ1n) is 3.22. The van der Waals surface area contributed by atoms with Crippen molar-refractivity contribution in [2.75, 3.05) is 0 Å². The minimum absolute atomic E-state index is 0.202. The molecular formula is C7H11BrO2. The number of carbonyl (C=O) groups is 1. The van der Waals surface area contributed by atoms with Crippen molar-refractivity contribution in [2.45, 2.75) is 24.6 Å². The number of hydrogen-bond acceptors (Lipinski definition) is 1. The number of alkyl halides is 1. The first kappa shape index (κ1) is 9.69. The highest BCUT2D eigenvalue weighted by Crippen LogP contribution is 2.08. The van der Waals surface area contributed by atoms with Crippen molar-refractivity contribution in [1.82, 2.24) is 0 Å². The number of carboxylic acid groups (broad SMARTS) is 1. The first-order valence-corrected chi connectivity index (χ1v) is 4.13. The zero-order chi connectivity index (χ0) is 7.98. The largest absolute Gasteiger partial charge is 0.478 e. The van der Waals surface area contributed by atoms with Gasteiger partial charge in [-0.2, -0.15) is 0 Å². The number of allylic oxidation sites excluding steroid dienone is 1. The molecule has 0 bridgehead atoms. The minimum atomic E-state index is -0.888. The Kier molecular flexibility index (Phi) is 5.30. The van der Waals surface area contributed by atoms with Crippen LogP contribution in [0.15, 0.2) is 12.2 Å². The number of hydrogen-bond donors (Lipinski definition) is 1. The van der Waals surface area contributed by atoms with Gasteiger partial charge in [-0.25, -0.2) is 4.79 Å². The van der Waals surface area contributed by atoms with E-state index in [1.807, 2.05) is 0 Å². The van der Waals surface area contributed by atoms with Crippen molar-refractivity contribution >= 4 is 21.9 Å². The van der Waals surface area contributed by atoms with Gasteiger partial charge in [0.1, 0.15) is 0 Å². The van der Waals surface area contributed by atoms with Gasteiger partial charge in [-0.05, 0) is 6.42 Å². The van der Waals surface area contributed by atoms with Gasteiger partial charge in [-0.1, -0.05) is 35.4 Å². The van der Waals surface area contributed by atoms with E-state index in [1.165, 1.54) is 0 Å². The average Bonchev–Trinajstić information content (AvgIpc) is 1.85. The van der Waals surface area contributed by atoms with Gasteiger partial charge in [0.2, 0.25) is 0 Å². The number of halogens is 1. The minimum Gasteiger partial charge on any atom is -0.478 e. The fourth-order valence-electron chi connectivity index (χ4n) is 0.559. The highest BCUT2D eigenvalue weighted by molar-refractivity contribution is 9.09. The molecule has 0 rings (SSSR count). The Bertz CT molecular complexity index is 132. The Morgan fingerprint density at radius 3 is 2.80 bits per heavy atom. The third-order valence-corrected chi connectivity index (χ3v) is 1.78. The monoisotopic (exact) mass is 206 g/mol. The maximum absolute atomic E-state index is 10.0. The molecule has 1 unspecified atom stereocenters. The molecule has 0 aromatic heterocycles. The summed E-state index contributed by atoms with van der Waals surface area (Å²) < 4.78 is 0. The van der Waals surface area contributed by atoms with Crippen molar-refractivity contribution in [3.05, 3.63) is 12.2 Å². The zero-order valence-electron chi connectivity index (χ0n) is 5.88. The van der Waals surface area contributed by atoms with E-state index in [4.69, 9.17) is 5.11 Å². The van der Waals surface area contributed by atoms with E-state index >= 15 is 0 Å². The second kappa shape index (κ2) is 5.47. The van der Waals surface area contributed by atoms with Crippen molar-refractivity contribution < 1.29 is 9.90 Å². The Morgan fingerprint density at radius 2 is 2.40 bits per heavy atom. The van der Waals surface area contributed by atoms with Crippen LogP contribution in [0.3, 0.4) is 0 Å². The molecule has 0 aromatic carbocycles. The fourth-order valence-corrected chi connectivity index (χ4v) is 1.17. The molecular weight excluding hydrogens is 196 g/mol. The van der Waals surface area contributed by atoms with Gasteiger partial charge in [0.15, 0.2) is 0 Å². The Labute approximate surface area is 69.1 Å². The van der Waals surface area contributed by atoms with E-state index in [9.17, 15) is 4.79 Å². The number of carboxylic acids is 1. The van der Waals surface area contributed by atoms with Crippen molar-refractivity contribution in [3.8, 4) is 0 Å². The zero-order valence-corrected chi connectivity index (χ0v) is 7.47. The molecule has 0 spiro atoms. The van der Waals surface area contributed by atoms with Crippen LogP contribution >= 0.6 is 15.9 Å². The smallest absolute Gasteiger partial charge is 0.328 e. The normalized spacial score (nSPS) is 13.8. The van der Waals surface area contributed by atoms with Crippen LogP contribution in [0.4, 0.5) is 0 Å². The summed E-state index contributed by atoms with van der Waals surface area (Å²) in [4.78, 5) is 10.2. The Balaban J connectivity index is 3.55. The molecule has 0 amide bonds. The number of aliphatic carboxylic acids is 1. The van der Waals surface area contributed by atoms with Crippen LogP contribution in [0.25, 0.3) is 0 Å². The van der Waals surface area contributed by atoms with Gasteiger partial charge >= 0.3 is 5.97 Å². The molecule has 0 fully saturated rings. The molecule has 58 valence electrons. The van der Waals surface area contributed by atoms with Crippen molar-refractivity contribution in [3.63, 3.8) is 0 Å². The lowest BCUT2D eigenvalue weighted by molar-refractivity contribution is -0.131. The van der Waals surface area contributed by atoms with E-state index in [0.29, 0.717) is 0 Å². The van der Waals surface area contributed by atoms with Gasteiger partial charge in [-0.3, -0.25) is 0 Å². The summed E-state index contributed by atoms with van der Waals surface area (Å²) in [6.45, 7) is 2.06. The molecule has 2 nitrogen and oxygen atoms in total. The van der Waals surface area contributed by atoms with Gasteiger partial charge in [0.05, 0.1) is 0 Å². The summed E-state index contributed by atoms with van der Waals surface area (Å²) in [6.07, 6.45) is 4.84. The van der Waals surface area contributed by atoms with E-state index in [0.717, 1.165) is 18.9 Å². The quantitative estimate of drug-likeness (QED) is 0.566. The van der Waals surface area contributed by atoms with Gasteiger partial charge < -0.3 is 5.11 Å². The van der Waals surface area contributed by atoms with Crippen LogP contribution in [0.5, 0.6) is 0 Å². The SMILES string of the molecule is CCCC(Br)/C=C/C(=O)O. The molecule has 0 aliphatic heterocycles. The van der Waals surface area contributed by atoms with Crippen molar-refractivity contribution in [2.24, 2.45) is 0 Å². The second-order valence-corrected chi connectivity index (χ2v) is 3.18. The summed E-state index contributed by atoms with van der Waals surface area (Å²) in [7, 11) is 0. The van der Waals surface area contributed by atoms with Gasteiger partial charge in [0, 0.05) is 10.9 Å². The molecule has 3 heteroatoms. The third-order valence-electron chi connectivity index (χ3n) is 1.01. The average molecular weight is 207 g/mol. The highest BCUT2D eigenvalue weighted by atomic mass is 79.9. The molecule has 1 atom stereocenters. The first-order chi connectivity index (χ1) is 4.66. The molecule has 0 aliphatic rings. The predicted octanol–water partition coefficient (Wildman–Crippen LogP) is 2.19. The Hall–Kier alpha value is -0.310. The second-order valence-electron chi connectivity index (χ2n) is 2.00. The maximum Gasteiger partial charge on any atom is 0.328 e. The number of rotatable bonds is 4. The van der Waals surface area contributed by atoms with Gasteiger partial charge in [-0.15, -0.1) is 0 Å². The molecule has 0 heterocycles. The van der Waals surface area contributed by atoms with E-state index < -0.39 is 5.97 Å². The van der Waals surface area contributed by atoms with Crippen LogP contribution in [-0.4, -0.2) is 15.9 Å². The lowest BCUT2D eigenvalue weighted by Crippen LogP contribution is -1.94. The molecule has 0 aromatic rings. The molecule has 0 aliphatic carbocycles. The van der Waals surface area contributed by atoms with E-state index in [-0.39, 0.29) is 4.83 Å². The summed E-state index contributed by atoms with van der Waals surface area (Å²) in [5.74, 6) is -0.888. The standard InChI is InChI=1S/C7H11BrO2/c1-2-3-6(8)4-5-7(9)10/h4-6H,2-3H2,1H3,(H,9,10)/b5-4+. The van der Waals surface area contributed by atoms with Crippen molar-refractivity contribution in [1.29, 1.82) is 0 Å². The van der Waals surface area contributed by atoms with E-state index in [1.54, 1.807) is 6.08 Å². The van der Waals surface area contributed by atoms with Crippen LogP contribution in [0.1, 0.15) is 19.8 Å². The summed E-state index contributed by atoms with van der Waals surface area (Å²) in [5, 5.41) is 8.22. The van der Waals surface area contributed by atoms with Crippen LogP contribution in [0.2, 0.25) is 0 Å². The predicted molar refractivity (Wildman–Crippen MR) is 44.4 cm³/mol. The van der Waals surface area contributed by atoms with Crippen LogP contribution in [-0.2, 0) is 4.79 Å². The third kappa shape index (κ3) is 5.82. The molecule has 0 saturated carbocycles. The fraction of sp³-hybridized carbons (Fsp3) is 0.571. The summed E-state index contributed by atoms with van der Waals surface area (Å²) in [6, 6.07) is 0. The highest BCUT2D eigenvalue weighted by Gasteiger charge is 1.96. The molecule has 0 radical (unpaired) electrons. The van der Waals surface area contributed by atoms with Gasteiger partial charge in [0.25, 0.3) is 0 Å². The molecule has 1 N–H and O–H groups in total. The summed E-state index contributed by atoms with van der Waals surface area (Å²) in [5.41, 5.74) is 0. The molecule has 10 heavy (non-hydrogen) atoms. The molecule has 0 saturated heterocycles. The topological polar surface area (TPSA) is 37.3 Å². The van der Waals surface area contributed by atoms with E-state index in [2.05, 4.69) is 22.9 Å². The van der Waals surface area contributed by atoms with Crippen LogP contribution < -0.4 is 0 Å². The summed E-state index contributed by atoms with van der Waals surface area (Å²) >= 11 is 3.32. The lowest BCUT2D eigenvalue weighted by atomic mass is 10.2. The maximum atomic E-state index is 10.0. The lowest BCUT2D eigenvalue weighted by Gasteiger charge is -1.97. The Morgan fingerprint density at radius 1 is 1.80 bits per heavy atom. The van der Waals surface area contributed by atoms with Crippen LogP contribution in [0, 0.1) is 0 Å².